The summed E-state index contributed by atoms with van der Waals surface area (Å²) in [5.41, 5.74) is 16.8. The van der Waals surface area contributed by atoms with Crippen molar-refractivity contribution < 1.29 is 30.6 Å². The molecule has 0 N–H and O–H groups in total. The first-order chi connectivity index (χ1) is 25.0. The van der Waals surface area contributed by atoms with E-state index in [-0.39, 0.29) is 0 Å². The largest absolute Gasteiger partial charge is 0.741 e. The zero-order valence-electron chi connectivity index (χ0n) is 28.1. The smallest absolute Gasteiger partial charge is 0.485 e. The third-order valence-corrected chi connectivity index (χ3v) is 11.6. The summed E-state index contributed by atoms with van der Waals surface area (Å²) >= 11 is 0. The van der Waals surface area contributed by atoms with Crippen LogP contribution in [0.5, 0.6) is 0 Å². The fraction of sp³-hybridized carbons (Fsp3) is 0.205. The molecule has 0 fully saturated rings. The fourth-order valence-corrected chi connectivity index (χ4v) is 8.70. The monoisotopic (exact) mass is 714 g/mol. The molecule has 0 atom stereocenters. The van der Waals surface area contributed by atoms with Gasteiger partial charge in [0.1, 0.15) is 0 Å². The summed E-state index contributed by atoms with van der Waals surface area (Å²) in [4.78, 5) is 0. The predicted octanol–water partition coefficient (Wildman–Crippen LogP) is 10.3. The second-order valence-corrected chi connectivity index (χ2v) is 15.4. The number of rotatable bonds is 1. The van der Waals surface area contributed by atoms with Gasteiger partial charge < -0.3 is 4.55 Å². The van der Waals surface area contributed by atoms with Crippen molar-refractivity contribution in [2.24, 2.45) is 0 Å². The molecule has 10 rings (SSSR count). The molecule has 0 saturated heterocycles. The van der Waals surface area contributed by atoms with Gasteiger partial charge >= 0.3 is 17.0 Å². The second kappa shape index (κ2) is 12.3. The molecule has 0 bridgehead atoms. The van der Waals surface area contributed by atoms with Gasteiger partial charge in [-0.25, -0.2) is 12.8 Å². The summed E-state index contributed by atoms with van der Waals surface area (Å²) in [5.74, 6) is 2.17. The first-order valence-electron chi connectivity index (χ1n) is 17.6. The average Bonchev–Trinajstić information content (AvgIpc) is 3.15. The van der Waals surface area contributed by atoms with Gasteiger partial charge in [-0.2, -0.15) is 13.2 Å². The van der Waals surface area contributed by atoms with E-state index in [9.17, 15) is 13.2 Å². The molecule has 4 nitrogen and oxygen atoms in total. The highest BCUT2D eigenvalue weighted by Crippen LogP contribution is 2.50. The minimum Gasteiger partial charge on any atom is -0.741 e. The van der Waals surface area contributed by atoms with Crippen molar-refractivity contribution in [1.82, 2.24) is 0 Å². The van der Waals surface area contributed by atoms with Gasteiger partial charge in [0, 0.05) is 5.56 Å². The molecule has 0 radical (unpaired) electrons. The zero-order chi connectivity index (χ0) is 35.8. The lowest BCUT2D eigenvalue weighted by Crippen LogP contribution is -2.21. The van der Waals surface area contributed by atoms with Crippen molar-refractivity contribution in [2.75, 3.05) is 0 Å². The normalized spacial score (nSPS) is 14.8. The SMILES string of the molecule is O=S(=O)([O-])C(F)(F)F.c1ccc(-c2c3c([o+]c4c2CCc2cc5c(cc2-4)-c2ccccc2CC5)-c2cc4c(cc2CC3)CCc2ccccc2-4)cc1. The van der Waals surface area contributed by atoms with Crippen molar-refractivity contribution in [3.8, 4) is 56.0 Å². The maximum Gasteiger partial charge on any atom is 0.485 e. The average molecular weight is 715 g/mol. The van der Waals surface area contributed by atoms with E-state index in [1.807, 2.05) is 0 Å². The van der Waals surface area contributed by atoms with Crippen LogP contribution in [0.4, 0.5) is 13.2 Å². The van der Waals surface area contributed by atoms with Gasteiger partial charge in [-0.3, -0.25) is 0 Å². The molecule has 6 aromatic rings. The molecule has 260 valence electrons. The Hall–Kier alpha value is -5.05. The quantitative estimate of drug-likeness (QED) is 0.0966. The highest BCUT2D eigenvalue weighted by Gasteiger charge is 2.40. The van der Waals surface area contributed by atoms with Crippen molar-refractivity contribution in [3.63, 3.8) is 0 Å². The first-order valence-corrected chi connectivity index (χ1v) is 19.0. The molecule has 1 aromatic heterocycles. The van der Waals surface area contributed by atoms with Gasteiger partial charge in [0.15, 0.2) is 10.1 Å². The van der Waals surface area contributed by atoms with E-state index < -0.39 is 15.6 Å². The van der Waals surface area contributed by atoms with Crippen LogP contribution in [0, 0.1) is 0 Å². The highest BCUT2D eigenvalue weighted by atomic mass is 32.2. The maximum absolute atomic E-state index is 10.7. The molecule has 0 aliphatic heterocycles. The number of alkyl halides is 3. The van der Waals surface area contributed by atoms with Crippen molar-refractivity contribution in [1.29, 1.82) is 0 Å². The van der Waals surface area contributed by atoms with Crippen molar-refractivity contribution in [2.45, 2.75) is 56.9 Å². The number of benzene rings is 5. The summed E-state index contributed by atoms with van der Waals surface area (Å²) in [6.45, 7) is 0. The molecular weight excluding hydrogens is 682 g/mol. The lowest BCUT2D eigenvalue weighted by atomic mass is 9.76. The van der Waals surface area contributed by atoms with Crippen molar-refractivity contribution in [3.05, 3.63) is 148 Å². The van der Waals surface area contributed by atoms with Crippen LogP contribution >= 0.6 is 0 Å². The standard InChI is InChI=1S/C43H33O.CHF3O3S/c1-2-10-28(11-3-1)41-35-20-18-31-22-29-16-14-26-8-4-6-12-33(26)37(29)24-39(31)42(35)44-43-36(41)21-19-32-23-30-17-15-27-9-5-7-13-34(27)38(30)25-40(32)43;2-1(3,4)8(5,6)7/h1-13,22-25H,14-21H2;(H,5,6,7)/q+1;/p-1. The molecule has 0 unspecified atom stereocenters. The summed E-state index contributed by atoms with van der Waals surface area (Å²) in [5, 5.41) is 0. The Bertz CT molecular complexity index is 2410. The number of halogens is 3. The summed E-state index contributed by atoms with van der Waals surface area (Å²) < 4.78 is 66.2. The summed E-state index contributed by atoms with van der Waals surface area (Å²) in [7, 11) is -6.09. The summed E-state index contributed by atoms with van der Waals surface area (Å²) in [6.07, 6.45) is 8.63. The van der Waals surface area contributed by atoms with Gasteiger partial charge in [-0.15, -0.1) is 0 Å². The molecule has 8 heteroatoms. The molecule has 0 spiro atoms. The lowest BCUT2D eigenvalue weighted by molar-refractivity contribution is -0.0517. The van der Waals surface area contributed by atoms with Gasteiger partial charge in [0.25, 0.3) is 0 Å². The number of hydrogen-bond acceptors (Lipinski definition) is 3. The molecule has 52 heavy (non-hydrogen) atoms. The van der Waals surface area contributed by atoms with Gasteiger partial charge in [0.2, 0.25) is 0 Å². The van der Waals surface area contributed by atoms with Gasteiger partial charge in [-0.1, -0.05) is 91.0 Å². The molecule has 1 heterocycles. The van der Waals surface area contributed by atoms with Crippen LogP contribution in [-0.4, -0.2) is 18.5 Å². The van der Waals surface area contributed by atoms with E-state index >= 15 is 0 Å². The number of fused-ring (bicyclic) bond motifs is 12. The van der Waals surface area contributed by atoms with E-state index in [0.29, 0.717) is 0 Å². The highest BCUT2D eigenvalue weighted by molar-refractivity contribution is 7.86. The van der Waals surface area contributed by atoms with Gasteiger partial charge in [0.05, 0.1) is 22.3 Å². The maximum atomic E-state index is 10.7. The van der Waals surface area contributed by atoms with E-state index in [0.717, 1.165) is 62.9 Å². The third kappa shape index (κ3) is 5.47. The Morgan fingerprint density at radius 3 is 1.33 bits per heavy atom. The fourth-order valence-electron chi connectivity index (χ4n) is 8.70. The van der Waals surface area contributed by atoms with Crippen LogP contribution in [-0.2, 0) is 61.5 Å². The third-order valence-electron chi connectivity index (χ3n) is 11.1. The zero-order valence-corrected chi connectivity index (χ0v) is 29.0. The number of aryl methyl sites for hydroxylation is 6. The van der Waals surface area contributed by atoms with Crippen LogP contribution in [0.2, 0.25) is 0 Å². The molecule has 0 amide bonds. The Kier molecular flexibility index (Phi) is 7.75. The van der Waals surface area contributed by atoms with E-state index in [4.69, 9.17) is 17.4 Å². The number of hydrogen-bond donors (Lipinski definition) is 0. The minimum atomic E-state index is -6.09. The van der Waals surface area contributed by atoms with E-state index in [1.54, 1.807) is 0 Å². The molecule has 0 saturated carbocycles. The molecule has 5 aromatic carbocycles. The molecule has 4 aliphatic rings. The van der Waals surface area contributed by atoms with Crippen LogP contribution < -0.4 is 0 Å². The van der Waals surface area contributed by atoms with Crippen LogP contribution in [0.15, 0.2) is 108 Å². The Morgan fingerprint density at radius 2 is 0.865 bits per heavy atom. The topological polar surface area (TPSA) is 68.5 Å². The first kappa shape index (κ1) is 32.8. The van der Waals surface area contributed by atoms with Crippen LogP contribution in [0.1, 0.15) is 44.5 Å². The Balaban J connectivity index is 0.000000407. The molecular formula is C44H33F3O4S. The molecule has 4 aliphatic carbocycles. The van der Waals surface area contributed by atoms with Crippen molar-refractivity contribution >= 4 is 10.1 Å². The van der Waals surface area contributed by atoms with Crippen LogP contribution in [0.3, 0.4) is 0 Å². The Labute approximate surface area is 300 Å². The van der Waals surface area contributed by atoms with Gasteiger partial charge in [-0.05, 0) is 125 Å². The predicted molar refractivity (Wildman–Crippen MR) is 196 cm³/mol. The van der Waals surface area contributed by atoms with Crippen LogP contribution in [0.25, 0.3) is 56.0 Å². The lowest BCUT2D eigenvalue weighted by Gasteiger charge is -2.26. The van der Waals surface area contributed by atoms with E-state index in [1.165, 1.54) is 89.0 Å². The summed E-state index contributed by atoms with van der Waals surface area (Å²) in [6, 6.07) is 39.0. The minimum absolute atomic E-state index is 1.02. The Morgan fingerprint density at radius 1 is 0.481 bits per heavy atom. The van der Waals surface area contributed by atoms with E-state index in [2.05, 4.69) is 103 Å². The second-order valence-electron chi connectivity index (χ2n) is 14.0.